The van der Waals surface area contributed by atoms with Crippen LogP contribution in [0.4, 0.5) is 0 Å². The first kappa shape index (κ1) is 9.13. The Balaban J connectivity index is 2.56. The van der Waals surface area contributed by atoms with Gasteiger partial charge in [0.25, 0.3) is 0 Å². The summed E-state index contributed by atoms with van der Waals surface area (Å²) in [6, 6.07) is 7.89. The third kappa shape index (κ3) is 3.29. The summed E-state index contributed by atoms with van der Waals surface area (Å²) in [5.41, 5.74) is 0. The lowest BCUT2D eigenvalue weighted by Gasteiger charge is -2.02. The van der Waals surface area contributed by atoms with Gasteiger partial charge in [0.05, 0.1) is 5.88 Å². The van der Waals surface area contributed by atoms with Crippen molar-refractivity contribution >= 4 is 34.2 Å². The fourth-order valence-electron chi connectivity index (χ4n) is 0.713. The lowest BCUT2D eigenvalue weighted by molar-refractivity contribution is 0.342. The zero-order valence-corrected chi connectivity index (χ0v) is 8.80. The van der Waals surface area contributed by atoms with Crippen molar-refractivity contribution in [1.29, 1.82) is 0 Å². The van der Waals surface area contributed by atoms with E-state index in [1.807, 2.05) is 24.3 Å². The van der Waals surface area contributed by atoms with E-state index in [0.717, 1.165) is 5.75 Å². The molecule has 0 bridgehead atoms. The van der Waals surface area contributed by atoms with Gasteiger partial charge >= 0.3 is 0 Å². The van der Waals surface area contributed by atoms with Crippen molar-refractivity contribution in [3.8, 4) is 5.75 Å². The molecule has 1 aromatic carbocycles. The Morgan fingerprint density at radius 3 is 2.91 bits per heavy atom. The lowest BCUT2D eigenvalue weighted by Crippen LogP contribution is -1.97. The van der Waals surface area contributed by atoms with Gasteiger partial charge in [0.15, 0.2) is 0 Å². The van der Waals surface area contributed by atoms with Crippen LogP contribution in [-0.4, -0.2) is 12.5 Å². The van der Waals surface area contributed by atoms with E-state index < -0.39 is 0 Å². The van der Waals surface area contributed by atoms with Crippen LogP contribution in [0, 0.1) is 3.57 Å². The Labute approximate surface area is 84.8 Å². The molecule has 0 aliphatic heterocycles. The molecule has 0 N–H and O–H groups in total. The Kier molecular flexibility index (Phi) is 4.01. The van der Waals surface area contributed by atoms with E-state index in [1.165, 1.54) is 3.57 Å². The van der Waals surface area contributed by atoms with Crippen LogP contribution < -0.4 is 4.74 Å². The first-order valence-corrected chi connectivity index (χ1v) is 4.88. The number of benzene rings is 1. The molecule has 0 saturated heterocycles. The van der Waals surface area contributed by atoms with Crippen LogP contribution in [0.15, 0.2) is 24.3 Å². The van der Waals surface area contributed by atoms with Gasteiger partial charge in [0.2, 0.25) is 0 Å². The zero-order valence-electron chi connectivity index (χ0n) is 5.89. The van der Waals surface area contributed by atoms with Crippen LogP contribution in [0.5, 0.6) is 5.75 Å². The second kappa shape index (κ2) is 4.83. The van der Waals surface area contributed by atoms with Gasteiger partial charge in [0, 0.05) is 3.57 Å². The molecule has 0 aromatic heterocycles. The molecule has 0 saturated carbocycles. The van der Waals surface area contributed by atoms with Crippen LogP contribution in [0.25, 0.3) is 0 Å². The average Bonchev–Trinajstić information content (AvgIpc) is 2.01. The average molecular weight is 283 g/mol. The summed E-state index contributed by atoms with van der Waals surface area (Å²) in [6.07, 6.45) is 0. The van der Waals surface area contributed by atoms with E-state index in [2.05, 4.69) is 22.6 Å². The normalized spacial score (nSPS) is 9.64. The summed E-state index contributed by atoms with van der Waals surface area (Å²) < 4.78 is 6.47. The molecule has 1 nitrogen and oxygen atoms in total. The first-order chi connectivity index (χ1) is 5.33. The van der Waals surface area contributed by atoms with E-state index in [4.69, 9.17) is 16.3 Å². The third-order valence-electron chi connectivity index (χ3n) is 1.14. The maximum absolute atomic E-state index is 5.46. The Morgan fingerprint density at radius 1 is 1.45 bits per heavy atom. The Morgan fingerprint density at radius 2 is 2.27 bits per heavy atom. The Hall–Kier alpha value is 0.0400. The highest BCUT2D eigenvalue weighted by atomic mass is 127. The minimum absolute atomic E-state index is 0.533. The van der Waals surface area contributed by atoms with Gasteiger partial charge in [-0.3, -0.25) is 0 Å². The number of hydrogen-bond donors (Lipinski definition) is 0. The summed E-state index contributed by atoms with van der Waals surface area (Å²) in [5.74, 6) is 1.42. The van der Waals surface area contributed by atoms with Crippen LogP contribution in [0.2, 0.25) is 0 Å². The van der Waals surface area contributed by atoms with Gasteiger partial charge in [-0.2, -0.15) is 0 Å². The molecule has 0 amide bonds. The summed E-state index contributed by atoms with van der Waals surface area (Å²) in [5, 5.41) is 0. The van der Waals surface area contributed by atoms with E-state index in [0.29, 0.717) is 12.5 Å². The van der Waals surface area contributed by atoms with Crippen molar-refractivity contribution in [3.63, 3.8) is 0 Å². The van der Waals surface area contributed by atoms with E-state index in [1.54, 1.807) is 0 Å². The highest BCUT2D eigenvalue weighted by Gasteiger charge is 1.92. The van der Waals surface area contributed by atoms with Gasteiger partial charge in [-0.1, -0.05) is 6.07 Å². The third-order valence-corrected chi connectivity index (χ3v) is 1.97. The highest BCUT2D eigenvalue weighted by molar-refractivity contribution is 14.1. The van der Waals surface area contributed by atoms with Crippen molar-refractivity contribution in [2.75, 3.05) is 12.5 Å². The number of hydrogen-bond acceptors (Lipinski definition) is 1. The second-order valence-corrected chi connectivity index (χ2v) is 3.62. The van der Waals surface area contributed by atoms with Gasteiger partial charge < -0.3 is 4.74 Å². The maximum Gasteiger partial charge on any atom is 0.120 e. The summed E-state index contributed by atoms with van der Waals surface area (Å²) in [6.45, 7) is 0.571. The van der Waals surface area contributed by atoms with E-state index in [9.17, 15) is 0 Å². The molecule has 60 valence electrons. The minimum atomic E-state index is 0.533. The first-order valence-electron chi connectivity index (χ1n) is 3.27. The number of ether oxygens (including phenoxy) is 1. The maximum atomic E-state index is 5.46. The van der Waals surface area contributed by atoms with Gasteiger partial charge in [0.1, 0.15) is 12.4 Å². The monoisotopic (exact) mass is 282 g/mol. The molecule has 0 radical (unpaired) electrons. The van der Waals surface area contributed by atoms with Crippen LogP contribution in [-0.2, 0) is 0 Å². The summed E-state index contributed by atoms with van der Waals surface area (Å²) in [7, 11) is 0. The molecule has 0 spiro atoms. The molecule has 1 rings (SSSR count). The van der Waals surface area contributed by atoms with E-state index >= 15 is 0 Å². The number of halogens is 2. The van der Waals surface area contributed by atoms with Crippen molar-refractivity contribution in [1.82, 2.24) is 0 Å². The molecule has 0 unspecified atom stereocenters. The molecule has 0 atom stereocenters. The standard InChI is InChI=1S/C8H8ClIO/c9-4-5-11-8-3-1-2-7(10)6-8/h1-3,6H,4-5H2. The molecule has 0 fully saturated rings. The smallest absolute Gasteiger partial charge is 0.120 e. The number of rotatable bonds is 3. The van der Waals surface area contributed by atoms with E-state index in [-0.39, 0.29) is 0 Å². The SMILES string of the molecule is ClCCOc1cccc(I)c1. The molecule has 0 aliphatic rings. The highest BCUT2D eigenvalue weighted by Crippen LogP contribution is 2.14. The van der Waals surface area contributed by atoms with Crippen molar-refractivity contribution < 1.29 is 4.74 Å². The number of alkyl halides is 1. The molecular formula is C8H8ClIO. The van der Waals surface area contributed by atoms with Gasteiger partial charge in [-0.25, -0.2) is 0 Å². The Bertz CT molecular complexity index is 227. The van der Waals surface area contributed by atoms with Crippen molar-refractivity contribution in [2.24, 2.45) is 0 Å². The lowest BCUT2D eigenvalue weighted by atomic mass is 10.3. The minimum Gasteiger partial charge on any atom is -0.492 e. The topological polar surface area (TPSA) is 9.23 Å². The van der Waals surface area contributed by atoms with Crippen LogP contribution >= 0.6 is 34.2 Å². The molecule has 1 aromatic rings. The fraction of sp³-hybridized carbons (Fsp3) is 0.250. The van der Waals surface area contributed by atoms with Crippen LogP contribution in [0.1, 0.15) is 0 Å². The summed E-state index contributed by atoms with van der Waals surface area (Å²) in [4.78, 5) is 0. The van der Waals surface area contributed by atoms with Gasteiger partial charge in [-0.05, 0) is 40.8 Å². The quantitative estimate of drug-likeness (QED) is 0.612. The molecular weight excluding hydrogens is 274 g/mol. The van der Waals surface area contributed by atoms with Crippen molar-refractivity contribution in [2.45, 2.75) is 0 Å². The zero-order chi connectivity index (χ0) is 8.10. The van der Waals surface area contributed by atoms with Crippen LogP contribution in [0.3, 0.4) is 0 Å². The second-order valence-electron chi connectivity index (χ2n) is 1.99. The molecule has 11 heavy (non-hydrogen) atoms. The molecule has 0 aliphatic carbocycles. The van der Waals surface area contributed by atoms with Crippen molar-refractivity contribution in [3.05, 3.63) is 27.8 Å². The van der Waals surface area contributed by atoms with Gasteiger partial charge in [-0.15, -0.1) is 11.6 Å². The fourth-order valence-corrected chi connectivity index (χ4v) is 1.30. The molecule has 0 heterocycles. The largest absolute Gasteiger partial charge is 0.492 e. The summed E-state index contributed by atoms with van der Waals surface area (Å²) >= 11 is 7.71. The predicted molar refractivity (Wildman–Crippen MR) is 55.4 cm³/mol. The molecule has 3 heteroatoms. The predicted octanol–water partition coefficient (Wildman–Crippen LogP) is 2.91.